The third-order valence-electron chi connectivity index (χ3n) is 4.15. The number of carboxylic acids is 1. The van der Waals surface area contributed by atoms with E-state index in [-0.39, 0.29) is 16.5 Å². The highest BCUT2D eigenvalue weighted by atomic mass is 32.2. The topological polar surface area (TPSA) is 75.1 Å². The van der Waals surface area contributed by atoms with Crippen molar-refractivity contribution in [2.75, 3.05) is 11.6 Å². The van der Waals surface area contributed by atoms with Crippen LogP contribution in [0.4, 0.5) is 24.7 Å². The van der Waals surface area contributed by atoms with Crippen molar-refractivity contribution in [3.8, 4) is 11.3 Å². The van der Waals surface area contributed by atoms with Crippen molar-refractivity contribution in [1.29, 1.82) is 0 Å². The summed E-state index contributed by atoms with van der Waals surface area (Å²) < 4.78 is 42.0. The fourth-order valence-corrected chi connectivity index (χ4v) is 3.15. The third-order valence-corrected chi connectivity index (χ3v) is 4.70. The van der Waals surface area contributed by atoms with Gasteiger partial charge in [-0.05, 0) is 55.2 Å². The summed E-state index contributed by atoms with van der Waals surface area (Å²) in [5.74, 6) is -3.34. The molecule has 2 aromatic carbocycles. The smallest absolute Gasteiger partial charge is 0.328 e. The number of aromatic nitrogens is 2. The van der Waals surface area contributed by atoms with E-state index in [0.29, 0.717) is 16.8 Å². The first kappa shape index (κ1) is 21.4. The zero-order valence-corrected chi connectivity index (χ0v) is 16.7. The van der Waals surface area contributed by atoms with Crippen molar-refractivity contribution in [2.45, 2.75) is 12.1 Å². The van der Waals surface area contributed by atoms with Crippen LogP contribution in [0.3, 0.4) is 0 Å². The molecule has 0 bridgehead atoms. The van der Waals surface area contributed by atoms with Crippen LogP contribution in [0, 0.1) is 24.4 Å². The predicted molar refractivity (Wildman–Crippen MR) is 110 cm³/mol. The highest BCUT2D eigenvalue weighted by Crippen LogP contribution is 2.34. The highest BCUT2D eigenvalue weighted by Gasteiger charge is 2.19. The Kier molecular flexibility index (Phi) is 6.41. The van der Waals surface area contributed by atoms with Crippen LogP contribution in [0.1, 0.15) is 11.1 Å². The quantitative estimate of drug-likeness (QED) is 0.308. The Morgan fingerprint density at radius 3 is 2.43 bits per heavy atom. The van der Waals surface area contributed by atoms with Crippen molar-refractivity contribution in [2.24, 2.45) is 0 Å². The Balaban J connectivity index is 2.28. The summed E-state index contributed by atoms with van der Waals surface area (Å²) >= 11 is 1.19. The number of carbonyl (C=O) groups is 1. The maximum absolute atomic E-state index is 14.2. The van der Waals surface area contributed by atoms with Crippen molar-refractivity contribution < 1.29 is 23.1 Å². The van der Waals surface area contributed by atoms with Gasteiger partial charge in [0.05, 0.1) is 5.69 Å². The molecule has 0 spiro atoms. The Morgan fingerprint density at radius 1 is 1.13 bits per heavy atom. The predicted octanol–water partition coefficient (Wildman–Crippen LogP) is 5.43. The summed E-state index contributed by atoms with van der Waals surface area (Å²) in [5, 5.41) is 12.0. The molecule has 0 atom stereocenters. The first-order valence-electron chi connectivity index (χ1n) is 8.64. The van der Waals surface area contributed by atoms with Gasteiger partial charge >= 0.3 is 5.97 Å². The maximum Gasteiger partial charge on any atom is 0.328 e. The van der Waals surface area contributed by atoms with Crippen molar-refractivity contribution in [1.82, 2.24) is 9.97 Å². The summed E-state index contributed by atoms with van der Waals surface area (Å²) in [5.41, 5.74) is 1.12. The van der Waals surface area contributed by atoms with Gasteiger partial charge in [-0.2, -0.15) is 0 Å². The Hall–Kier alpha value is -3.33. The van der Waals surface area contributed by atoms with E-state index in [4.69, 9.17) is 5.11 Å². The number of hydrogen-bond acceptors (Lipinski definition) is 5. The molecule has 0 aliphatic carbocycles. The van der Waals surface area contributed by atoms with Gasteiger partial charge in [-0.3, -0.25) is 0 Å². The molecule has 3 aromatic rings. The van der Waals surface area contributed by atoms with Gasteiger partial charge in [-0.25, -0.2) is 27.9 Å². The number of rotatable bonds is 6. The molecule has 0 unspecified atom stereocenters. The van der Waals surface area contributed by atoms with Crippen LogP contribution in [0.5, 0.6) is 0 Å². The summed E-state index contributed by atoms with van der Waals surface area (Å²) in [7, 11) is 0. The van der Waals surface area contributed by atoms with E-state index in [9.17, 15) is 18.0 Å². The second kappa shape index (κ2) is 9.00. The van der Waals surface area contributed by atoms with E-state index < -0.39 is 29.1 Å². The number of aryl methyl sites for hydroxylation is 1. The number of carboxylic acid groups (broad SMARTS) is 1. The zero-order valence-electron chi connectivity index (χ0n) is 15.9. The van der Waals surface area contributed by atoms with E-state index in [1.807, 2.05) is 0 Å². The number of nitrogens with one attached hydrogen (secondary N) is 1. The number of hydrogen-bond donors (Lipinski definition) is 2. The minimum Gasteiger partial charge on any atom is -0.478 e. The van der Waals surface area contributed by atoms with Crippen molar-refractivity contribution in [3.05, 3.63) is 71.1 Å². The van der Waals surface area contributed by atoms with E-state index in [2.05, 4.69) is 15.3 Å². The number of anilines is 2. The monoisotopic (exact) mass is 431 g/mol. The van der Waals surface area contributed by atoms with Gasteiger partial charge in [-0.1, -0.05) is 17.8 Å². The van der Waals surface area contributed by atoms with Crippen LogP contribution in [0.25, 0.3) is 17.3 Å². The van der Waals surface area contributed by atoms with E-state index in [0.717, 1.165) is 18.2 Å². The molecule has 0 aliphatic heterocycles. The lowest BCUT2D eigenvalue weighted by atomic mass is 10.0. The minimum absolute atomic E-state index is 0.00887. The zero-order chi connectivity index (χ0) is 21.8. The van der Waals surface area contributed by atoms with Crippen LogP contribution >= 0.6 is 11.8 Å². The standard InChI is InChI=1S/C21H16F3N3O2S/c1-11-10-12(22)6-7-13(11)18-14(8-9-17(28)29)20(27-21(26-18)30-2)25-19-15(23)4-3-5-16(19)24/h3-10H,1-2H3,(H,28,29)(H,25,26,27). The van der Waals surface area contributed by atoms with Crippen molar-refractivity contribution >= 4 is 35.3 Å². The van der Waals surface area contributed by atoms with Crippen LogP contribution < -0.4 is 5.32 Å². The highest BCUT2D eigenvalue weighted by molar-refractivity contribution is 7.98. The van der Waals surface area contributed by atoms with Crippen molar-refractivity contribution in [3.63, 3.8) is 0 Å². The molecular weight excluding hydrogens is 415 g/mol. The summed E-state index contributed by atoms with van der Waals surface area (Å²) in [4.78, 5) is 19.8. The van der Waals surface area contributed by atoms with Gasteiger partial charge in [0.1, 0.15) is 29.0 Å². The SMILES string of the molecule is CSc1nc(Nc2c(F)cccc2F)c(C=CC(=O)O)c(-c2ccc(F)cc2C)n1. The molecule has 0 saturated heterocycles. The summed E-state index contributed by atoms with van der Waals surface area (Å²) in [6, 6.07) is 7.45. The van der Waals surface area contributed by atoms with Crippen LogP contribution in [-0.4, -0.2) is 27.3 Å². The fraction of sp³-hybridized carbons (Fsp3) is 0.0952. The normalized spacial score (nSPS) is 11.1. The maximum atomic E-state index is 14.2. The van der Waals surface area contributed by atoms with Gasteiger partial charge in [0.2, 0.25) is 0 Å². The molecular formula is C21H16F3N3O2S. The number of aliphatic carboxylic acids is 1. The van der Waals surface area contributed by atoms with Crippen LogP contribution in [0.15, 0.2) is 47.6 Å². The molecule has 0 aliphatic rings. The molecule has 30 heavy (non-hydrogen) atoms. The number of para-hydroxylation sites is 1. The average molecular weight is 431 g/mol. The van der Waals surface area contributed by atoms with Gasteiger partial charge < -0.3 is 10.4 Å². The van der Waals surface area contributed by atoms with Gasteiger partial charge in [-0.15, -0.1) is 0 Å². The van der Waals surface area contributed by atoms with E-state index in [1.54, 1.807) is 13.2 Å². The second-order valence-electron chi connectivity index (χ2n) is 6.17. The third kappa shape index (κ3) is 4.62. The number of thioether (sulfide) groups is 1. The first-order valence-corrected chi connectivity index (χ1v) is 9.87. The Bertz CT molecular complexity index is 1130. The largest absolute Gasteiger partial charge is 0.478 e. The molecule has 0 saturated carbocycles. The second-order valence-corrected chi connectivity index (χ2v) is 6.95. The Labute approximate surface area is 174 Å². The molecule has 0 radical (unpaired) electrons. The molecule has 154 valence electrons. The molecule has 1 heterocycles. The first-order chi connectivity index (χ1) is 14.3. The number of benzene rings is 2. The lowest BCUT2D eigenvalue weighted by molar-refractivity contribution is -0.131. The Morgan fingerprint density at radius 2 is 1.83 bits per heavy atom. The van der Waals surface area contributed by atoms with E-state index >= 15 is 0 Å². The molecule has 1 aromatic heterocycles. The van der Waals surface area contributed by atoms with Gasteiger partial charge in [0, 0.05) is 17.2 Å². The van der Waals surface area contributed by atoms with Gasteiger partial charge in [0.15, 0.2) is 5.16 Å². The van der Waals surface area contributed by atoms with Gasteiger partial charge in [0.25, 0.3) is 0 Å². The number of halogens is 3. The lowest BCUT2D eigenvalue weighted by Crippen LogP contribution is -2.06. The van der Waals surface area contributed by atoms with Crippen LogP contribution in [0.2, 0.25) is 0 Å². The molecule has 0 fully saturated rings. The fourth-order valence-electron chi connectivity index (χ4n) is 2.78. The molecule has 5 nitrogen and oxygen atoms in total. The number of nitrogens with zero attached hydrogens (tertiary/aromatic N) is 2. The van der Waals surface area contributed by atoms with E-state index in [1.165, 1.54) is 42.1 Å². The molecule has 3 rings (SSSR count). The average Bonchev–Trinajstić information content (AvgIpc) is 2.69. The minimum atomic E-state index is -1.23. The van der Waals surface area contributed by atoms with Crippen LogP contribution in [-0.2, 0) is 4.79 Å². The molecule has 2 N–H and O–H groups in total. The summed E-state index contributed by atoms with van der Waals surface area (Å²) in [6.45, 7) is 1.67. The lowest BCUT2D eigenvalue weighted by Gasteiger charge is -2.16. The summed E-state index contributed by atoms with van der Waals surface area (Å²) in [6.07, 6.45) is 3.81. The molecule has 9 heteroatoms. The molecule has 0 amide bonds.